The lowest BCUT2D eigenvalue weighted by atomic mass is 10.2. The van der Waals surface area contributed by atoms with Crippen LogP contribution in [0.25, 0.3) is 0 Å². The quantitative estimate of drug-likeness (QED) is 0.586. The smallest absolute Gasteiger partial charge is 0.120 e. The highest BCUT2D eigenvalue weighted by molar-refractivity contribution is 6.35. The van der Waals surface area contributed by atoms with Crippen molar-refractivity contribution in [2.75, 3.05) is 26.2 Å². The van der Waals surface area contributed by atoms with Gasteiger partial charge in [-0.2, -0.15) is 0 Å². The second kappa shape index (κ2) is 10.7. The number of rotatable bonds is 10. The molecule has 1 N–H and O–H groups in total. The topological polar surface area (TPSA) is 24.5 Å². The fourth-order valence-corrected chi connectivity index (χ4v) is 3.02. The number of benzene rings is 2. The minimum atomic E-state index is 0.425. The van der Waals surface area contributed by atoms with E-state index in [1.165, 1.54) is 5.56 Å². The first-order chi connectivity index (χ1) is 12.1. The van der Waals surface area contributed by atoms with Crippen molar-refractivity contribution in [3.8, 4) is 5.75 Å². The summed E-state index contributed by atoms with van der Waals surface area (Å²) in [4.78, 5) is 2.41. The molecule has 2 aromatic rings. The molecular formula is C20H26Cl2N2O. The molecule has 0 radical (unpaired) electrons. The lowest BCUT2D eigenvalue weighted by Crippen LogP contribution is -2.31. The molecule has 0 fully saturated rings. The minimum absolute atomic E-state index is 0.425. The van der Waals surface area contributed by atoms with Crippen LogP contribution >= 0.6 is 23.2 Å². The zero-order chi connectivity index (χ0) is 18.1. The van der Waals surface area contributed by atoms with Crippen LogP contribution in [-0.4, -0.2) is 31.1 Å². The van der Waals surface area contributed by atoms with Crippen LogP contribution in [0, 0.1) is 0 Å². The Morgan fingerprint density at radius 1 is 1.04 bits per heavy atom. The summed E-state index contributed by atoms with van der Waals surface area (Å²) < 4.78 is 5.87. The number of nitrogens with one attached hydrogen (secondary N) is 1. The molecule has 0 spiro atoms. The second-order valence-corrected chi connectivity index (χ2v) is 6.72. The third-order valence-electron chi connectivity index (χ3n) is 4.14. The Morgan fingerprint density at radius 2 is 1.84 bits per heavy atom. The van der Waals surface area contributed by atoms with Crippen molar-refractivity contribution in [3.05, 3.63) is 63.6 Å². The SMILES string of the molecule is CCN(CC)CCNCc1cccc(OCc2ccc(Cl)cc2Cl)c1. The van der Waals surface area contributed by atoms with Gasteiger partial charge in [0.1, 0.15) is 12.4 Å². The molecule has 0 aromatic heterocycles. The van der Waals surface area contributed by atoms with E-state index in [1.807, 2.05) is 24.3 Å². The van der Waals surface area contributed by atoms with E-state index in [-0.39, 0.29) is 0 Å². The Labute approximate surface area is 160 Å². The van der Waals surface area contributed by atoms with Gasteiger partial charge in [-0.15, -0.1) is 0 Å². The number of ether oxygens (including phenoxy) is 1. The first-order valence-corrected chi connectivity index (χ1v) is 9.46. The van der Waals surface area contributed by atoms with Crippen LogP contribution in [-0.2, 0) is 13.2 Å². The maximum atomic E-state index is 6.18. The monoisotopic (exact) mass is 380 g/mol. The normalized spacial score (nSPS) is 11.1. The molecule has 5 heteroatoms. The van der Waals surface area contributed by atoms with Gasteiger partial charge in [-0.25, -0.2) is 0 Å². The summed E-state index contributed by atoms with van der Waals surface area (Å²) in [5.41, 5.74) is 2.13. The number of halogens is 2. The van der Waals surface area contributed by atoms with Gasteiger partial charge in [0.2, 0.25) is 0 Å². The van der Waals surface area contributed by atoms with Gasteiger partial charge in [-0.05, 0) is 42.9 Å². The van der Waals surface area contributed by atoms with Gasteiger partial charge in [0.15, 0.2) is 0 Å². The fraction of sp³-hybridized carbons (Fsp3) is 0.400. The molecule has 25 heavy (non-hydrogen) atoms. The van der Waals surface area contributed by atoms with Crippen LogP contribution in [0.5, 0.6) is 5.75 Å². The highest BCUT2D eigenvalue weighted by atomic mass is 35.5. The van der Waals surface area contributed by atoms with E-state index >= 15 is 0 Å². The Bertz CT molecular complexity index is 660. The van der Waals surface area contributed by atoms with Crippen molar-refractivity contribution < 1.29 is 4.74 Å². The Kier molecular flexibility index (Phi) is 8.56. The maximum Gasteiger partial charge on any atom is 0.120 e. The van der Waals surface area contributed by atoms with E-state index < -0.39 is 0 Å². The lowest BCUT2D eigenvalue weighted by molar-refractivity contribution is 0.301. The van der Waals surface area contributed by atoms with Crippen LogP contribution in [0.15, 0.2) is 42.5 Å². The van der Waals surface area contributed by atoms with Crippen molar-refractivity contribution >= 4 is 23.2 Å². The van der Waals surface area contributed by atoms with Crippen molar-refractivity contribution in [2.24, 2.45) is 0 Å². The van der Waals surface area contributed by atoms with E-state index in [0.717, 1.165) is 44.0 Å². The molecule has 0 unspecified atom stereocenters. The van der Waals surface area contributed by atoms with Crippen molar-refractivity contribution in [2.45, 2.75) is 27.0 Å². The van der Waals surface area contributed by atoms with Crippen LogP contribution in [0.1, 0.15) is 25.0 Å². The number of hydrogen-bond donors (Lipinski definition) is 1. The predicted molar refractivity (Wildman–Crippen MR) is 107 cm³/mol. The standard InChI is InChI=1S/C20H26Cl2N2O/c1-3-24(4-2)11-10-23-14-16-6-5-7-19(12-16)25-15-17-8-9-18(21)13-20(17)22/h5-9,12-13,23H,3-4,10-11,14-15H2,1-2H3. The van der Waals surface area contributed by atoms with Gasteiger partial charge in [-0.3, -0.25) is 0 Å². The van der Waals surface area contributed by atoms with E-state index in [2.05, 4.69) is 36.2 Å². The predicted octanol–water partition coefficient (Wildman–Crippen LogP) is 5.00. The van der Waals surface area contributed by atoms with Gasteiger partial charge in [0.25, 0.3) is 0 Å². The van der Waals surface area contributed by atoms with Crippen molar-refractivity contribution in [3.63, 3.8) is 0 Å². The number of hydrogen-bond acceptors (Lipinski definition) is 3. The van der Waals surface area contributed by atoms with Crippen LogP contribution in [0.2, 0.25) is 10.0 Å². The van der Waals surface area contributed by atoms with Crippen LogP contribution in [0.4, 0.5) is 0 Å². The first kappa shape index (κ1) is 20.1. The Morgan fingerprint density at radius 3 is 2.56 bits per heavy atom. The molecular weight excluding hydrogens is 355 g/mol. The third-order valence-corrected chi connectivity index (χ3v) is 4.72. The molecule has 2 rings (SSSR count). The molecule has 136 valence electrons. The molecule has 0 bridgehead atoms. The maximum absolute atomic E-state index is 6.18. The van der Waals surface area contributed by atoms with Gasteiger partial charge < -0.3 is 15.0 Å². The Balaban J connectivity index is 1.82. The zero-order valence-corrected chi connectivity index (χ0v) is 16.4. The van der Waals surface area contributed by atoms with E-state index in [4.69, 9.17) is 27.9 Å². The summed E-state index contributed by atoms with van der Waals surface area (Å²) in [6.45, 7) is 9.87. The molecule has 0 saturated heterocycles. The van der Waals surface area contributed by atoms with Gasteiger partial charge >= 0.3 is 0 Å². The largest absolute Gasteiger partial charge is 0.489 e. The highest BCUT2D eigenvalue weighted by Crippen LogP contribution is 2.23. The second-order valence-electron chi connectivity index (χ2n) is 5.88. The fourth-order valence-electron chi connectivity index (χ4n) is 2.55. The summed E-state index contributed by atoms with van der Waals surface area (Å²) in [5, 5.41) is 4.74. The zero-order valence-electron chi connectivity index (χ0n) is 14.9. The molecule has 3 nitrogen and oxygen atoms in total. The molecule has 0 aliphatic heterocycles. The van der Waals surface area contributed by atoms with Crippen LogP contribution in [0.3, 0.4) is 0 Å². The average molecular weight is 381 g/mol. The van der Waals surface area contributed by atoms with E-state index in [0.29, 0.717) is 16.7 Å². The molecule has 0 amide bonds. The molecule has 0 aliphatic carbocycles. The van der Waals surface area contributed by atoms with Crippen molar-refractivity contribution in [1.82, 2.24) is 10.2 Å². The molecule has 0 atom stereocenters. The minimum Gasteiger partial charge on any atom is -0.489 e. The summed E-state index contributed by atoms with van der Waals surface area (Å²) in [7, 11) is 0. The highest BCUT2D eigenvalue weighted by Gasteiger charge is 2.04. The molecule has 0 aliphatic rings. The summed E-state index contributed by atoms with van der Waals surface area (Å²) in [5.74, 6) is 0.842. The van der Waals surface area contributed by atoms with Crippen LogP contribution < -0.4 is 10.1 Å². The summed E-state index contributed by atoms with van der Waals surface area (Å²) in [6.07, 6.45) is 0. The molecule has 0 saturated carbocycles. The number of likely N-dealkylation sites (N-methyl/N-ethyl adjacent to an activating group) is 1. The van der Waals surface area contributed by atoms with Gasteiger partial charge in [0.05, 0.1) is 0 Å². The first-order valence-electron chi connectivity index (χ1n) is 8.71. The summed E-state index contributed by atoms with van der Waals surface area (Å²) in [6, 6.07) is 13.6. The Hall–Kier alpha value is -1.26. The summed E-state index contributed by atoms with van der Waals surface area (Å²) >= 11 is 12.1. The molecule has 0 heterocycles. The van der Waals surface area contributed by atoms with Crippen molar-refractivity contribution in [1.29, 1.82) is 0 Å². The molecule has 2 aromatic carbocycles. The van der Waals surface area contributed by atoms with E-state index in [1.54, 1.807) is 6.07 Å². The van der Waals surface area contributed by atoms with Gasteiger partial charge in [-0.1, -0.05) is 55.2 Å². The number of nitrogens with zero attached hydrogens (tertiary/aromatic N) is 1. The average Bonchev–Trinajstić information content (AvgIpc) is 2.61. The third kappa shape index (κ3) is 6.87. The van der Waals surface area contributed by atoms with E-state index in [9.17, 15) is 0 Å². The lowest BCUT2D eigenvalue weighted by Gasteiger charge is -2.18. The van der Waals surface area contributed by atoms with Gasteiger partial charge in [0, 0.05) is 35.2 Å².